The fraction of sp³-hybridized carbons (Fsp3) is 0.400. The number of carbonyl (C=O) groups is 1. The Morgan fingerprint density at radius 3 is 2.89 bits per heavy atom. The molecule has 7 heteroatoms. The number of nitrogens with one attached hydrogen (secondary N) is 4. The molecule has 6 nitrogen and oxygen atoms in total. The van der Waals surface area contributed by atoms with Crippen LogP contribution in [0.4, 0.5) is 0 Å². The Kier molecular flexibility index (Phi) is 6.44. The van der Waals surface area contributed by atoms with Crippen molar-refractivity contribution in [1.29, 1.82) is 0 Å². The van der Waals surface area contributed by atoms with Gasteiger partial charge in [-0.3, -0.25) is 15.2 Å². The first-order chi connectivity index (χ1) is 12.7. The summed E-state index contributed by atoms with van der Waals surface area (Å²) in [5.74, 6) is 0.261. The first kappa shape index (κ1) is 19.8. The SMILES string of the molecule is Cc1cccc(C(NC(=O)C2NNC3CCNCC32)c2ccccn2)c1.Cl. The second-order valence-electron chi connectivity index (χ2n) is 7.14. The molecule has 1 aromatic heterocycles. The Hall–Kier alpha value is -1.99. The second kappa shape index (κ2) is 8.80. The van der Waals surface area contributed by atoms with Crippen LogP contribution in [0.2, 0.25) is 0 Å². The molecule has 0 saturated carbocycles. The number of amides is 1. The van der Waals surface area contributed by atoms with Crippen molar-refractivity contribution in [2.24, 2.45) is 5.92 Å². The van der Waals surface area contributed by atoms with Gasteiger partial charge in [0.1, 0.15) is 6.04 Å². The van der Waals surface area contributed by atoms with Gasteiger partial charge in [0.15, 0.2) is 0 Å². The lowest BCUT2D eigenvalue weighted by Gasteiger charge is -2.28. The quantitative estimate of drug-likeness (QED) is 0.639. The Labute approximate surface area is 165 Å². The molecule has 1 amide bonds. The van der Waals surface area contributed by atoms with Gasteiger partial charge in [-0.25, -0.2) is 5.43 Å². The van der Waals surface area contributed by atoms with Gasteiger partial charge in [0.25, 0.3) is 0 Å². The number of rotatable bonds is 4. The highest BCUT2D eigenvalue weighted by molar-refractivity contribution is 5.85. The lowest BCUT2D eigenvalue weighted by Crippen LogP contribution is -2.50. The highest BCUT2D eigenvalue weighted by Crippen LogP contribution is 2.24. The van der Waals surface area contributed by atoms with Gasteiger partial charge in [-0.05, 0) is 37.6 Å². The first-order valence-corrected chi connectivity index (χ1v) is 9.22. The second-order valence-corrected chi connectivity index (χ2v) is 7.14. The average Bonchev–Trinajstić information content (AvgIpc) is 3.11. The van der Waals surface area contributed by atoms with Gasteiger partial charge < -0.3 is 10.6 Å². The van der Waals surface area contributed by atoms with Crippen molar-refractivity contribution in [3.8, 4) is 0 Å². The highest BCUT2D eigenvalue weighted by Gasteiger charge is 2.41. The third kappa shape index (κ3) is 4.30. The molecule has 0 radical (unpaired) electrons. The van der Waals surface area contributed by atoms with Gasteiger partial charge in [0.2, 0.25) is 5.91 Å². The number of aromatic nitrogens is 1. The number of hydrogen-bond acceptors (Lipinski definition) is 5. The number of hydrazine groups is 1. The van der Waals surface area contributed by atoms with E-state index in [0.717, 1.165) is 36.3 Å². The van der Waals surface area contributed by atoms with Crippen LogP contribution in [0.3, 0.4) is 0 Å². The Morgan fingerprint density at radius 1 is 1.22 bits per heavy atom. The van der Waals surface area contributed by atoms with Crippen LogP contribution in [0.1, 0.15) is 29.3 Å². The van der Waals surface area contributed by atoms with Crippen LogP contribution in [-0.2, 0) is 4.79 Å². The minimum absolute atomic E-state index is 0. The lowest BCUT2D eigenvalue weighted by atomic mass is 9.88. The van der Waals surface area contributed by atoms with Gasteiger partial charge >= 0.3 is 0 Å². The summed E-state index contributed by atoms with van der Waals surface area (Å²) in [6, 6.07) is 13.9. The third-order valence-corrected chi connectivity index (χ3v) is 5.31. The van der Waals surface area contributed by atoms with E-state index < -0.39 is 0 Å². The van der Waals surface area contributed by atoms with Crippen molar-refractivity contribution in [3.05, 3.63) is 65.5 Å². The zero-order valence-electron chi connectivity index (χ0n) is 15.3. The number of halogens is 1. The van der Waals surface area contributed by atoms with E-state index in [4.69, 9.17) is 0 Å². The lowest BCUT2D eigenvalue weighted by molar-refractivity contribution is -0.124. The maximum Gasteiger partial charge on any atom is 0.239 e. The first-order valence-electron chi connectivity index (χ1n) is 9.22. The van der Waals surface area contributed by atoms with E-state index in [0.29, 0.717) is 6.04 Å². The fourth-order valence-corrected chi connectivity index (χ4v) is 3.93. The summed E-state index contributed by atoms with van der Waals surface area (Å²) in [6.07, 6.45) is 2.80. The minimum atomic E-state index is -0.263. The Bertz CT molecular complexity index is 772. The number of pyridine rings is 1. The van der Waals surface area contributed by atoms with E-state index in [1.54, 1.807) is 6.20 Å². The standard InChI is InChI=1S/C20H25N5O.ClH/c1-13-5-4-6-14(11-13)18(17-7-2-3-9-22-17)23-20(26)19-15-12-21-10-8-16(15)24-25-19;/h2-7,9,11,15-16,18-19,21,24-25H,8,10,12H2,1H3,(H,23,26);1H. The summed E-state index contributed by atoms with van der Waals surface area (Å²) >= 11 is 0. The van der Waals surface area contributed by atoms with Gasteiger partial charge in [-0.1, -0.05) is 35.9 Å². The summed E-state index contributed by atoms with van der Waals surface area (Å²) in [6.45, 7) is 3.90. The van der Waals surface area contributed by atoms with Crippen LogP contribution < -0.4 is 21.5 Å². The molecular weight excluding hydrogens is 362 g/mol. The zero-order valence-corrected chi connectivity index (χ0v) is 16.1. The Morgan fingerprint density at radius 2 is 2.11 bits per heavy atom. The molecule has 4 rings (SSSR count). The molecule has 1 aromatic carbocycles. The van der Waals surface area contributed by atoms with Crippen molar-refractivity contribution in [2.75, 3.05) is 13.1 Å². The molecule has 27 heavy (non-hydrogen) atoms. The molecule has 3 heterocycles. The number of aryl methyl sites for hydroxylation is 1. The molecule has 0 aliphatic carbocycles. The molecule has 4 atom stereocenters. The van der Waals surface area contributed by atoms with Gasteiger partial charge in [0.05, 0.1) is 11.7 Å². The Balaban J connectivity index is 0.00000210. The van der Waals surface area contributed by atoms with E-state index in [1.165, 1.54) is 0 Å². The van der Waals surface area contributed by atoms with E-state index >= 15 is 0 Å². The van der Waals surface area contributed by atoms with E-state index in [2.05, 4.69) is 45.5 Å². The van der Waals surface area contributed by atoms with Crippen molar-refractivity contribution >= 4 is 18.3 Å². The number of carbonyl (C=O) groups excluding carboxylic acids is 1. The molecule has 0 bridgehead atoms. The summed E-state index contributed by atoms with van der Waals surface area (Å²) in [4.78, 5) is 17.6. The average molecular weight is 388 g/mol. The van der Waals surface area contributed by atoms with Gasteiger partial charge in [-0.2, -0.15) is 0 Å². The van der Waals surface area contributed by atoms with Crippen LogP contribution in [-0.4, -0.2) is 36.1 Å². The van der Waals surface area contributed by atoms with E-state index in [1.807, 2.05) is 30.3 Å². The summed E-state index contributed by atoms with van der Waals surface area (Å²) < 4.78 is 0. The third-order valence-electron chi connectivity index (χ3n) is 5.31. The van der Waals surface area contributed by atoms with Crippen molar-refractivity contribution in [3.63, 3.8) is 0 Å². The zero-order chi connectivity index (χ0) is 17.9. The molecule has 0 spiro atoms. The largest absolute Gasteiger partial charge is 0.342 e. The fourth-order valence-electron chi connectivity index (χ4n) is 3.93. The molecule has 2 aromatic rings. The molecule has 4 unspecified atom stereocenters. The smallest absolute Gasteiger partial charge is 0.239 e. The van der Waals surface area contributed by atoms with Gasteiger partial charge in [0, 0.05) is 24.7 Å². The molecular formula is C20H26ClN5O. The van der Waals surface area contributed by atoms with E-state index in [-0.39, 0.29) is 36.3 Å². The van der Waals surface area contributed by atoms with Crippen LogP contribution >= 0.6 is 12.4 Å². The highest BCUT2D eigenvalue weighted by atomic mass is 35.5. The predicted octanol–water partition coefficient (Wildman–Crippen LogP) is 1.47. The monoisotopic (exact) mass is 387 g/mol. The minimum Gasteiger partial charge on any atom is -0.342 e. The number of hydrogen-bond donors (Lipinski definition) is 4. The van der Waals surface area contributed by atoms with Crippen LogP contribution in [0.25, 0.3) is 0 Å². The number of benzene rings is 1. The summed E-state index contributed by atoms with van der Waals surface area (Å²) in [5, 5.41) is 6.61. The maximum absolute atomic E-state index is 13.1. The van der Waals surface area contributed by atoms with Crippen molar-refractivity contribution in [2.45, 2.75) is 31.5 Å². The molecule has 2 saturated heterocycles. The van der Waals surface area contributed by atoms with Gasteiger partial charge in [-0.15, -0.1) is 12.4 Å². The number of fused-ring (bicyclic) bond motifs is 1. The molecule has 4 N–H and O–H groups in total. The van der Waals surface area contributed by atoms with Crippen LogP contribution in [0, 0.1) is 12.8 Å². The molecule has 2 aliphatic heterocycles. The molecule has 2 aliphatic rings. The van der Waals surface area contributed by atoms with E-state index in [9.17, 15) is 4.79 Å². The number of piperidine rings is 1. The van der Waals surface area contributed by atoms with Crippen LogP contribution in [0.15, 0.2) is 48.7 Å². The summed E-state index contributed by atoms with van der Waals surface area (Å²) in [7, 11) is 0. The van der Waals surface area contributed by atoms with Crippen molar-refractivity contribution in [1.82, 2.24) is 26.5 Å². The molecule has 2 fully saturated rings. The number of nitrogens with zero attached hydrogens (tertiary/aromatic N) is 1. The van der Waals surface area contributed by atoms with Crippen LogP contribution in [0.5, 0.6) is 0 Å². The normalized spacial score (nSPS) is 25.1. The van der Waals surface area contributed by atoms with Crippen molar-refractivity contribution < 1.29 is 4.79 Å². The predicted molar refractivity (Wildman–Crippen MR) is 107 cm³/mol. The molecule has 144 valence electrons. The topological polar surface area (TPSA) is 78.1 Å². The summed E-state index contributed by atoms with van der Waals surface area (Å²) in [5.41, 5.74) is 9.53. The maximum atomic E-state index is 13.1.